The lowest BCUT2D eigenvalue weighted by molar-refractivity contribution is -0.0626. The van der Waals surface area contributed by atoms with E-state index in [0.29, 0.717) is 0 Å². The number of aromatic nitrogens is 1. The zero-order valence-electron chi connectivity index (χ0n) is 13.0. The minimum Gasteiger partial charge on any atom is -0.381 e. The van der Waals surface area contributed by atoms with Crippen LogP contribution in [0, 0.1) is 0 Å². The minimum atomic E-state index is 0.123. The molecule has 0 saturated carbocycles. The quantitative estimate of drug-likeness (QED) is 0.803. The Labute approximate surface area is 126 Å². The van der Waals surface area contributed by atoms with Crippen LogP contribution >= 0.6 is 0 Å². The maximum absolute atomic E-state index is 12.2. The van der Waals surface area contributed by atoms with Gasteiger partial charge in [0.15, 0.2) is 0 Å². The third-order valence-corrected chi connectivity index (χ3v) is 5.10. The van der Waals surface area contributed by atoms with Crippen LogP contribution in [0.4, 0.5) is 0 Å². The molecule has 0 aromatic carbocycles. The summed E-state index contributed by atoms with van der Waals surface area (Å²) in [6, 6.07) is 3.91. The molecule has 0 bridgehead atoms. The molecule has 1 aromatic rings. The van der Waals surface area contributed by atoms with Crippen LogP contribution < -0.4 is 5.56 Å². The van der Waals surface area contributed by atoms with Crippen molar-refractivity contribution >= 4 is 0 Å². The number of hydrogen-bond acceptors (Lipinski definition) is 4. The van der Waals surface area contributed by atoms with E-state index in [2.05, 4.69) is 16.8 Å². The van der Waals surface area contributed by atoms with Crippen molar-refractivity contribution in [1.82, 2.24) is 14.4 Å². The molecule has 3 heterocycles. The first-order chi connectivity index (χ1) is 10.1. The Kier molecular flexibility index (Phi) is 4.15. The number of piperazine rings is 1. The SMILES string of the molecule is CN1CCN(Cc2cccn(C)c2=O)CC12CCOCC2. The van der Waals surface area contributed by atoms with Crippen LogP contribution in [-0.2, 0) is 18.3 Å². The summed E-state index contributed by atoms with van der Waals surface area (Å²) in [5.74, 6) is 0. The second kappa shape index (κ2) is 5.91. The molecule has 0 radical (unpaired) electrons. The Morgan fingerprint density at radius 2 is 2.00 bits per heavy atom. The van der Waals surface area contributed by atoms with Gasteiger partial charge in [0.05, 0.1) is 0 Å². The normalized spacial score (nSPS) is 23.5. The van der Waals surface area contributed by atoms with Gasteiger partial charge >= 0.3 is 0 Å². The van der Waals surface area contributed by atoms with Gasteiger partial charge in [-0.1, -0.05) is 6.07 Å². The van der Waals surface area contributed by atoms with Crippen LogP contribution in [0.25, 0.3) is 0 Å². The van der Waals surface area contributed by atoms with Gasteiger partial charge in [0.25, 0.3) is 5.56 Å². The first kappa shape index (κ1) is 14.8. The zero-order chi connectivity index (χ0) is 14.9. The molecule has 116 valence electrons. The second-order valence-electron chi connectivity index (χ2n) is 6.42. The van der Waals surface area contributed by atoms with Crippen LogP contribution in [0.15, 0.2) is 23.1 Å². The van der Waals surface area contributed by atoms with E-state index < -0.39 is 0 Å². The Morgan fingerprint density at radius 3 is 2.76 bits per heavy atom. The van der Waals surface area contributed by atoms with Crippen molar-refractivity contribution in [3.8, 4) is 0 Å². The lowest BCUT2D eigenvalue weighted by Crippen LogP contribution is -2.62. The Bertz CT molecular complexity index is 549. The molecule has 2 aliphatic rings. The van der Waals surface area contributed by atoms with E-state index in [4.69, 9.17) is 4.74 Å². The number of pyridine rings is 1. The van der Waals surface area contributed by atoms with E-state index in [0.717, 1.165) is 57.8 Å². The van der Waals surface area contributed by atoms with Gasteiger partial charge < -0.3 is 9.30 Å². The molecule has 0 amide bonds. The van der Waals surface area contributed by atoms with Crippen LogP contribution in [0.1, 0.15) is 18.4 Å². The van der Waals surface area contributed by atoms with Crippen molar-refractivity contribution in [3.05, 3.63) is 34.2 Å². The van der Waals surface area contributed by atoms with Crippen molar-refractivity contribution in [3.63, 3.8) is 0 Å². The zero-order valence-corrected chi connectivity index (χ0v) is 13.0. The fourth-order valence-electron chi connectivity index (χ4n) is 3.59. The van der Waals surface area contributed by atoms with E-state index in [1.165, 1.54) is 0 Å². The fourth-order valence-corrected chi connectivity index (χ4v) is 3.59. The third kappa shape index (κ3) is 2.91. The van der Waals surface area contributed by atoms with E-state index in [-0.39, 0.29) is 11.1 Å². The van der Waals surface area contributed by atoms with Gasteiger partial charge in [-0.2, -0.15) is 0 Å². The molecule has 0 N–H and O–H groups in total. The van der Waals surface area contributed by atoms with E-state index in [9.17, 15) is 4.79 Å². The van der Waals surface area contributed by atoms with Crippen LogP contribution in [0.3, 0.4) is 0 Å². The Hall–Kier alpha value is -1.17. The molecule has 5 nitrogen and oxygen atoms in total. The van der Waals surface area contributed by atoms with Crippen LogP contribution in [0.5, 0.6) is 0 Å². The van der Waals surface area contributed by atoms with Crippen molar-refractivity contribution in [2.45, 2.75) is 24.9 Å². The molecular weight excluding hydrogens is 266 g/mol. The standard InChI is InChI=1S/C16H25N3O2/c1-17-7-3-4-14(15(17)20)12-19-9-8-18(2)16(13-19)5-10-21-11-6-16/h3-4,7H,5-6,8-13H2,1-2H3. The molecular formula is C16H25N3O2. The molecule has 1 spiro atoms. The van der Waals surface area contributed by atoms with Gasteiger partial charge in [-0.25, -0.2) is 0 Å². The smallest absolute Gasteiger partial charge is 0.254 e. The number of rotatable bonds is 2. The highest BCUT2D eigenvalue weighted by Gasteiger charge is 2.40. The van der Waals surface area contributed by atoms with Crippen molar-refractivity contribution in [2.24, 2.45) is 7.05 Å². The predicted molar refractivity (Wildman–Crippen MR) is 82.4 cm³/mol. The van der Waals surface area contributed by atoms with Crippen LogP contribution in [-0.4, -0.2) is 59.8 Å². The molecule has 0 aliphatic carbocycles. The molecule has 3 rings (SSSR count). The highest BCUT2D eigenvalue weighted by Crippen LogP contribution is 2.30. The summed E-state index contributed by atoms with van der Waals surface area (Å²) < 4.78 is 7.20. The lowest BCUT2D eigenvalue weighted by Gasteiger charge is -2.51. The average molecular weight is 291 g/mol. The van der Waals surface area contributed by atoms with Gasteiger partial charge in [0.1, 0.15) is 0 Å². The summed E-state index contributed by atoms with van der Waals surface area (Å²) in [5.41, 5.74) is 1.25. The number of likely N-dealkylation sites (N-methyl/N-ethyl adjacent to an activating group) is 1. The van der Waals surface area contributed by atoms with Crippen molar-refractivity contribution < 1.29 is 4.74 Å². The molecule has 21 heavy (non-hydrogen) atoms. The number of hydrogen-bond donors (Lipinski definition) is 0. The van der Waals surface area contributed by atoms with Gasteiger partial charge in [-0.3, -0.25) is 14.6 Å². The highest BCUT2D eigenvalue weighted by molar-refractivity contribution is 5.11. The highest BCUT2D eigenvalue weighted by atomic mass is 16.5. The second-order valence-corrected chi connectivity index (χ2v) is 6.42. The Balaban J connectivity index is 1.74. The monoisotopic (exact) mass is 291 g/mol. The summed E-state index contributed by atoms with van der Waals surface area (Å²) in [7, 11) is 4.04. The molecule has 0 atom stereocenters. The molecule has 2 aliphatic heterocycles. The first-order valence-corrected chi connectivity index (χ1v) is 7.77. The molecule has 5 heteroatoms. The van der Waals surface area contributed by atoms with Gasteiger partial charge in [0, 0.05) is 63.7 Å². The summed E-state index contributed by atoms with van der Waals surface area (Å²) in [6.07, 6.45) is 4.00. The minimum absolute atomic E-state index is 0.123. The van der Waals surface area contributed by atoms with Gasteiger partial charge in [-0.15, -0.1) is 0 Å². The third-order valence-electron chi connectivity index (χ3n) is 5.10. The maximum atomic E-state index is 12.2. The summed E-state index contributed by atoms with van der Waals surface area (Å²) in [4.78, 5) is 17.1. The lowest BCUT2D eigenvalue weighted by atomic mass is 9.86. The van der Waals surface area contributed by atoms with Crippen molar-refractivity contribution in [1.29, 1.82) is 0 Å². The van der Waals surface area contributed by atoms with Gasteiger partial charge in [-0.05, 0) is 26.0 Å². The topological polar surface area (TPSA) is 37.7 Å². The van der Waals surface area contributed by atoms with E-state index >= 15 is 0 Å². The average Bonchev–Trinajstić information content (AvgIpc) is 2.49. The molecule has 1 aromatic heterocycles. The number of aryl methyl sites for hydroxylation is 1. The molecule has 2 saturated heterocycles. The summed E-state index contributed by atoms with van der Waals surface area (Å²) >= 11 is 0. The Morgan fingerprint density at radius 1 is 1.24 bits per heavy atom. The number of ether oxygens (including phenoxy) is 1. The fraction of sp³-hybridized carbons (Fsp3) is 0.688. The van der Waals surface area contributed by atoms with Gasteiger partial charge in [0.2, 0.25) is 0 Å². The summed E-state index contributed by atoms with van der Waals surface area (Å²) in [5, 5.41) is 0. The van der Waals surface area contributed by atoms with E-state index in [1.54, 1.807) is 4.57 Å². The van der Waals surface area contributed by atoms with E-state index in [1.807, 2.05) is 25.4 Å². The van der Waals surface area contributed by atoms with Crippen molar-refractivity contribution in [2.75, 3.05) is 39.9 Å². The molecule has 0 unspecified atom stereocenters. The van der Waals surface area contributed by atoms with Crippen LogP contribution in [0.2, 0.25) is 0 Å². The molecule has 2 fully saturated rings. The first-order valence-electron chi connectivity index (χ1n) is 7.77. The summed E-state index contributed by atoms with van der Waals surface area (Å²) in [6.45, 7) is 5.58. The number of nitrogens with zero attached hydrogens (tertiary/aromatic N) is 3. The largest absolute Gasteiger partial charge is 0.381 e. The maximum Gasteiger partial charge on any atom is 0.254 e. The predicted octanol–water partition coefficient (Wildman–Crippen LogP) is 0.682.